The fourth-order valence-electron chi connectivity index (χ4n) is 2.49. The van der Waals surface area contributed by atoms with Crippen molar-refractivity contribution in [3.63, 3.8) is 0 Å². The normalized spacial score (nSPS) is 24.6. The first-order chi connectivity index (χ1) is 10.1. The minimum atomic E-state index is -1.00. The van der Waals surface area contributed by atoms with Gasteiger partial charge in [0.25, 0.3) is 0 Å². The molecule has 5 nitrogen and oxygen atoms in total. The summed E-state index contributed by atoms with van der Waals surface area (Å²) >= 11 is 3.24. The van der Waals surface area contributed by atoms with E-state index in [9.17, 15) is 14.7 Å². The van der Waals surface area contributed by atoms with Crippen LogP contribution in [0.3, 0.4) is 0 Å². The van der Waals surface area contributed by atoms with Crippen LogP contribution >= 0.6 is 23.5 Å². The van der Waals surface area contributed by atoms with E-state index >= 15 is 0 Å². The number of carbonyl (C=O) groups excluding carboxylic acids is 1. The van der Waals surface area contributed by atoms with Gasteiger partial charge in [-0.15, -0.1) is 23.5 Å². The average molecular weight is 323 g/mol. The standard InChI is InChI=1S/C14H14N2O3S2/c1-8-12(17)16-11(14(18)19)9(7-21-13(8)16)6-20-10-2-4-15-5-3-10/h2-5,8,13H,6-7H2,1H3,(H,18,19)/p+1. The number of β-lactam (4-membered cyclic amide) rings is 1. The predicted molar refractivity (Wildman–Crippen MR) is 80.6 cm³/mol. The first-order valence-corrected chi connectivity index (χ1v) is 8.62. The molecule has 1 fully saturated rings. The van der Waals surface area contributed by atoms with Crippen LogP contribution in [0.4, 0.5) is 0 Å². The molecule has 7 heteroatoms. The van der Waals surface area contributed by atoms with Gasteiger partial charge in [0.15, 0.2) is 12.4 Å². The van der Waals surface area contributed by atoms with Crippen LogP contribution in [0.15, 0.2) is 40.7 Å². The largest absolute Gasteiger partial charge is 0.477 e. The molecule has 2 N–H and O–H groups in total. The van der Waals surface area contributed by atoms with Gasteiger partial charge >= 0.3 is 5.97 Å². The van der Waals surface area contributed by atoms with Crippen molar-refractivity contribution in [2.75, 3.05) is 11.5 Å². The fraction of sp³-hybridized carbons (Fsp3) is 0.357. The second-order valence-corrected chi connectivity index (χ2v) is 7.13. The Labute approximate surface area is 130 Å². The molecule has 21 heavy (non-hydrogen) atoms. The maximum absolute atomic E-state index is 11.9. The van der Waals surface area contributed by atoms with Crippen LogP contribution in [0.1, 0.15) is 6.92 Å². The number of hydrogen-bond acceptors (Lipinski definition) is 4. The highest BCUT2D eigenvalue weighted by molar-refractivity contribution is 8.01. The van der Waals surface area contributed by atoms with Crippen LogP contribution in [0.2, 0.25) is 0 Å². The maximum Gasteiger partial charge on any atom is 0.352 e. The van der Waals surface area contributed by atoms with E-state index in [0.29, 0.717) is 11.5 Å². The van der Waals surface area contributed by atoms with Crippen LogP contribution in [-0.2, 0) is 9.59 Å². The van der Waals surface area contributed by atoms with Crippen molar-refractivity contribution in [2.45, 2.75) is 17.2 Å². The van der Waals surface area contributed by atoms with Gasteiger partial charge < -0.3 is 5.11 Å². The number of pyridine rings is 1. The molecule has 0 aromatic carbocycles. The molecule has 0 aliphatic carbocycles. The van der Waals surface area contributed by atoms with Crippen LogP contribution in [-0.4, -0.2) is 38.8 Å². The van der Waals surface area contributed by atoms with Gasteiger partial charge in [0, 0.05) is 28.5 Å². The highest BCUT2D eigenvalue weighted by atomic mass is 32.2. The molecule has 2 aliphatic heterocycles. The minimum absolute atomic E-state index is 0.0105. The summed E-state index contributed by atoms with van der Waals surface area (Å²) in [7, 11) is 0. The Kier molecular flexibility index (Phi) is 3.95. The lowest BCUT2D eigenvalue weighted by Gasteiger charge is -2.48. The summed E-state index contributed by atoms with van der Waals surface area (Å²) in [6.07, 6.45) is 3.67. The van der Waals surface area contributed by atoms with Gasteiger partial charge in [0.05, 0.1) is 11.3 Å². The SMILES string of the molecule is CC1C(=O)N2C(C(=O)O)=C(CSc3cc[nH+]cc3)CSC12. The number of aromatic nitrogens is 1. The second kappa shape index (κ2) is 5.73. The average Bonchev–Trinajstić information content (AvgIpc) is 2.52. The molecule has 1 saturated heterocycles. The number of thioether (sulfide) groups is 2. The molecule has 0 bridgehead atoms. The van der Waals surface area contributed by atoms with Crippen molar-refractivity contribution >= 4 is 35.4 Å². The summed E-state index contributed by atoms with van der Waals surface area (Å²) in [6, 6.07) is 3.89. The molecule has 3 heterocycles. The molecule has 1 aromatic rings. The van der Waals surface area contributed by atoms with Gasteiger partial charge in [-0.3, -0.25) is 9.69 Å². The summed E-state index contributed by atoms with van der Waals surface area (Å²) in [5, 5.41) is 9.45. The van der Waals surface area contributed by atoms with Gasteiger partial charge in [-0.05, 0) is 5.57 Å². The number of amides is 1. The number of nitrogens with one attached hydrogen (secondary N) is 1. The van der Waals surface area contributed by atoms with Crippen molar-refractivity contribution < 1.29 is 19.7 Å². The Hall–Kier alpha value is -1.47. The van der Waals surface area contributed by atoms with E-state index in [1.807, 2.05) is 31.5 Å². The lowest BCUT2D eigenvalue weighted by Crippen LogP contribution is -2.60. The van der Waals surface area contributed by atoms with E-state index in [2.05, 4.69) is 4.98 Å². The number of aliphatic carboxylic acids is 1. The summed E-state index contributed by atoms with van der Waals surface area (Å²) < 4.78 is 0. The highest BCUT2D eigenvalue weighted by Gasteiger charge is 2.50. The van der Waals surface area contributed by atoms with Crippen LogP contribution in [0, 0.1) is 5.92 Å². The third-order valence-corrected chi connectivity index (χ3v) is 6.19. The third kappa shape index (κ3) is 2.55. The van der Waals surface area contributed by atoms with Crippen molar-refractivity contribution in [3.05, 3.63) is 35.8 Å². The Morgan fingerprint density at radius 3 is 2.90 bits per heavy atom. The number of rotatable bonds is 4. The quantitative estimate of drug-likeness (QED) is 0.671. The number of fused-ring (bicyclic) bond motifs is 1. The smallest absolute Gasteiger partial charge is 0.352 e. The molecule has 2 atom stereocenters. The second-order valence-electron chi connectivity index (χ2n) is 4.98. The lowest BCUT2D eigenvalue weighted by atomic mass is 9.98. The monoisotopic (exact) mass is 323 g/mol. The zero-order chi connectivity index (χ0) is 15.0. The Bertz CT molecular complexity index is 618. The number of nitrogens with zero attached hydrogens (tertiary/aromatic N) is 1. The minimum Gasteiger partial charge on any atom is -0.477 e. The van der Waals surface area contributed by atoms with Crippen molar-refractivity contribution in [2.24, 2.45) is 5.92 Å². The summed E-state index contributed by atoms with van der Waals surface area (Å²) in [6.45, 7) is 1.86. The van der Waals surface area contributed by atoms with Gasteiger partial charge in [-0.1, -0.05) is 6.92 Å². The van der Waals surface area contributed by atoms with E-state index in [1.54, 1.807) is 23.5 Å². The lowest BCUT2D eigenvalue weighted by molar-refractivity contribution is -0.378. The number of H-pyrrole nitrogens is 1. The maximum atomic E-state index is 11.9. The zero-order valence-corrected chi connectivity index (χ0v) is 13.0. The Morgan fingerprint density at radius 1 is 1.52 bits per heavy atom. The molecular weight excluding hydrogens is 308 g/mol. The molecular formula is C14H15N2O3S2+. The molecule has 110 valence electrons. The summed E-state index contributed by atoms with van der Waals surface area (Å²) in [4.78, 5) is 29.0. The van der Waals surface area contributed by atoms with E-state index in [-0.39, 0.29) is 22.9 Å². The molecule has 2 aliphatic rings. The predicted octanol–water partition coefficient (Wildman–Crippen LogP) is 1.48. The first kappa shape index (κ1) is 14.5. The van der Waals surface area contributed by atoms with Gasteiger partial charge in [0.2, 0.25) is 5.91 Å². The van der Waals surface area contributed by atoms with Crippen LogP contribution in [0.5, 0.6) is 0 Å². The first-order valence-electron chi connectivity index (χ1n) is 6.58. The summed E-state index contributed by atoms with van der Waals surface area (Å²) in [5.41, 5.74) is 1.01. The van der Waals surface area contributed by atoms with Gasteiger partial charge in [-0.25, -0.2) is 9.78 Å². The molecule has 1 amide bonds. The van der Waals surface area contributed by atoms with E-state index in [0.717, 1.165) is 10.5 Å². The molecule has 0 radical (unpaired) electrons. The van der Waals surface area contributed by atoms with E-state index in [4.69, 9.17) is 0 Å². The van der Waals surface area contributed by atoms with Crippen LogP contribution < -0.4 is 4.98 Å². The number of aromatic amines is 1. The number of carbonyl (C=O) groups is 2. The Balaban J connectivity index is 1.81. The zero-order valence-electron chi connectivity index (χ0n) is 11.4. The van der Waals surface area contributed by atoms with Crippen molar-refractivity contribution in [3.8, 4) is 0 Å². The van der Waals surface area contributed by atoms with E-state index < -0.39 is 5.97 Å². The van der Waals surface area contributed by atoms with Crippen molar-refractivity contribution in [1.29, 1.82) is 0 Å². The molecule has 3 rings (SSSR count). The van der Waals surface area contributed by atoms with E-state index in [1.165, 1.54) is 4.90 Å². The topological polar surface area (TPSA) is 71.8 Å². The van der Waals surface area contributed by atoms with Gasteiger partial charge in [0.1, 0.15) is 5.70 Å². The van der Waals surface area contributed by atoms with Gasteiger partial charge in [-0.2, -0.15) is 0 Å². The molecule has 2 unspecified atom stereocenters. The highest BCUT2D eigenvalue weighted by Crippen LogP contribution is 2.44. The Morgan fingerprint density at radius 2 is 2.24 bits per heavy atom. The molecule has 1 aromatic heterocycles. The number of hydrogen-bond donors (Lipinski definition) is 1. The number of carboxylic acids is 1. The van der Waals surface area contributed by atoms with Crippen molar-refractivity contribution in [1.82, 2.24) is 4.90 Å². The third-order valence-electron chi connectivity index (χ3n) is 3.62. The molecule has 0 spiro atoms. The van der Waals surface area contributed by atoms with Crippen LogP contribution in [0.25, 0.3) is 0 Å². The fourth-order valence-corrected chi connectivity index (χ4v) is 4.90. The summed E-state index contributed by atoms with van der Waals surface area (Å²) in [5.74, 6) is 0.0952. The molecule has 0 saturated carbocycles. The number of carboxylic acid groups (broad SMARTS) is 1.